The second-order valence-corrected chi connectivity index (χ2v) is 5.85. The van der Waals surface area contributed by atoms with Gasteiger partial charge in [0.05, 0.1) is 0 Å². The number of carbonyl (C=O) groups is 1. The lowest BCUT2D eigenvalue weighted by Gasteiger charge is -2.30. The zero-order valence-corrected chi connectivity index (χ0v) is 12.5. The molecule has 23 heavy (non-hydrogen) atoms. The van der Waals surface area contributed by atoms with E-state index in [-0.39, 0.29) is 19.0 Å². The van der Waals surface area contributed by atoms with Crippen LogP contribution in [0.2, 0.25) is 0 Å². The molecular weight excluding hydrogens is 304 g/mol. The first-order valence-electron chi connectivity index (χ1n) is 7.52. The number of amides is 1. The van der Waals surface area contributed by atoms with Gasteiger partial charge in [0.15, 0.2) is 6.33 Å². The van der Waals surface area contributed by atoms with Crippen LogP contribution in [-0.2, 0) is 16.8 Å². The molecule has 1 heterocycles. The van der Waals surface area contributed by atoms with E-state index in [1.807, 2.05) is 0 Å². The van der Waals surface area contributed by atoms with Gasteiger partial charge >= 0.3 is 0 Å². The van der Waals surface area contributed by atoms with Gasteiger partial charge in [0.2, 0.25) is 5.91 Å². The van der Waals surface area contributed by atoms with Crippen molar-refractivity contribution in [3.05, 3.63) is 41.7 Å². The summed E-state index contributed by atoms with van der Waals surface area (Å²) in [6.45, 7) is 0.211. The van der Waals surface area contributed by atoms with Crippen molar-refractivity contribution in [1.29, 1.82) is 0 Å². The van der Waals surface area contributed by atoms with Crippen LogP contribution in [0.4, 0.5) is 8.78 Å². The van der Waals surface area contributed by atoms with Gasteiger partial charge in [-0.3, -0.25) is 4.79 Å². The molecule has 0 saturated heterocycles. The average Bonchev–Trinajstić information content (AvgIpc) is 3.20. The Hall–Kier alpha value is -2.38. The summed E-state index contributed by atoms with van der Waals surface area (Å²) in [5.74, 6) is -1.18. The predicted molar refractivity (Wildman–Crippen MR) is 77.3 cm³/mol. The molecule has 1 aromatic carbocycles. The number of nitrogens with one attached hydrogen (secondary N) is 1. The highest BCUT2D eigenvalue weighted by molar-refractivity contribution is 5.75. The van der Waals surface area contributed by atoms with Crippen molar-refractivity contribution in [3.8, 4) is 0 Å². The highest BCUT2D eigenvalue weighted by atomic mass is 19.1. The summed E-state index contributed by atoms with van der Waals surface area (Å²) in [6.07, 6.45) is 4.53. The number of benzene rings is 1. The number of aromatic nitrogens is 4. The maximum atomic E-state index is 14.2. The molecule has 6 nitrogen and oxygen atoms in total. The van der Waals surface area contributed by atoms with Gasteiger partial charge in [-0.25, -0.2) is 8.78 Å². The van der Waals surface area contributed by atoms with Crippen molar-refractivity contribution in [2.45, 2.75) is 37.6 Å². The zero-order chi connectivity index (χ0) is 16.3. The summed E-state index contributed by atoms with van der Waals surface area (Å²) >= 11 is 0. The van der Waals surface area contributed by atoms with Crippen LogP contribution in [0.25, 0.3) is 0 Å². The number of tetrazole rings is 1. The Bertz CT molecular complexity index is 683. The van der Waals surface area contributed by atoms with E-state index < -0.39 is 17.0 Å². The van der Waals surface area contributed by atoms with Crippen LogP contribution in [0, 0.1) is 11.6 Å². The van der Waals surface area contributed by atoms with Gasteiger partial charge in [0.25, 0.3) is 0 Å². The molecule has 122 valence electrons. The highest BCUT2D eigenvalue weighted by Crippen LogP contribution is 2.41. The largest absolute Gasteiger partial charge is 0.354 e. The fourth-order valence-electron chi connectivity index (χ4n) is 3.21. The third-order valence-electron chi connectivity index (χ3n) is 4.36. The number of hydrogen-bond donors (Lipinski definition) is 1. The molecule has 1 saturated carbocycles. The van der Waals surface area contributed by atoms with Crippen molar-refractivity contribution in [3.63, 3.8) is 0 Å². The first-order chi connectivity index (χ1) is 11.1. The Balaban J connectivity index is 1.74. The molecule has 1 aliphatic rings. The number of rotatable bonds is 5. The van der Waals surface area contributed by atoms with Crippen LogP contribution in [0.1, 0.15) is 31.2 Å². The molecule has 0 radical (unpaired) electrons. The summed E-state index contributed by atoms with van der Waals surface area (Å²) in [6, 6.07) is 3.49. The SMILES string of the molecule is O=C(Cn1ncnn1)NCC1(c2cc(F)ccc2F)CCCC1. The van der Waals surface area contributed by atoms with Crippen LogP contribution in [0.5, 0.6) is 0 Å². The topological polar surface area (TPSA) is 72.7 Å². The van der Waals surface area contributed by atoms with E-state index in [2.05, 4.69) is 20.7 Å². The number of halogens is 2. The first-order valence-corrected chi connectivity index (χ1v) is 7.52. The minimum absolute atomic E-state index is 0.0539. The Morgan fingerprint density at radius 3 is 2.78 bits per heavy atom. The van der Waals surface area contributed by atoms with Crippen molar-refractivity contribution in [1.82, 2.24) is 25.5 Å². The Morgan fingerprint density at radius 2 is 2.09 bits per heavy atom. The molecule has 0 bridgehead atoms. The Morgan fingerprint density at radius 1 is 1.30 bits per heavy atom. The monoisotopic (exact) mass is 321 g/mol. The average molecular weight is 321 g/mol. The molecule has 1 aliphatic carbocycles. The minimum Gasteiger partial charge on any atom is -0.354 e. The van der Waals surface area contributed by atoms with E-state index in [1.165, 1.54) is 17.2 Å². The van der Waals surface area contributed by atoms with E-state index in [0.717, 1.165) is 37.8 Å². The van der Waals surface area contributed by atoms with Crippen LogP contribution >= 0.6 is 0 Å². The van der Waals surface area contributed by atoms with Gasteiger partial charge in [-0.15, -0.1) is 10.2 Å². The second kappa shape index (κ2) is 6.39. The van der Waals surface area contributed by atoms with Crippen LogP contribution in [0.15, 0.2) is 24.5 Å². The minimum atomic E-state index is -0.558. The molecule has 2 aromatic rings. The zero-order valence-electron chi connectivity index (χ0n) is 12.5. The van der Waals surface area contributed by atoms with Crippen LogP contribution in [-0.4, -0.2) is 32.7 Å². The summed E-state index contributed by atoms with van der Waals surface area (Å²) in [7, 11) is 0. The molecule has 3 rings (SSSR count). The molecular formula is C15H17F2N5O. The van der Waals surface area contributed by atoms with Crippen LogP contribution < -0.4 is 5.32 Å². The first kappa shape index (κ1) is 15.5. The summed E-state index contributed by atoms with van der Waals surface area (Å²) in [4.78, 5) is 13.2. The predicted octanol–water partition coefficient (Wildman–Crippen LogP) is 1.58. The van der Waals surface area contributed by atoms with Gasteiger partial charge in [-0.05, 0) is 41.8 Å². The van der Waals surface area contributed by atoms with Gasteiger partial charge in [0, 0.05) is 12.0 Å². The molecule has 0 spiro atoms. The van der Waals surface area contributed by atoms with Crippen molar-refractivity contribution < 1.29 is 13.6 Å². The maximum absolute atomic E-state index is 14.2. The lowest BCUT2D eigenvalue weighted by atomic mass is 9.78. The molecule has 1 fully saturated rings. The van der Waals surface area contributed by atoms with Crippen molar-refractivity contribution in [2.24, 2.45) is 0 Å². The van der Waals surface area contributed by atoms with Gasteiger partial charge in [-0.2, -0.15) is 4.80 Å². The van der Waals surface area contributed by atoms with Gasteiger partial charge < -0.3 is 5.32 Å². The summed E-state index contributed by atoms with van der Waals surface area (Å²) in [5.41, 5.74) is -0.216. The number of hydrogen-bond acceptors (Lipinski definition) is 4. The summed E-state index contributed by atoms with van der Waals surface area (Å²) < 4.78 is 27.7. The third-order valence-corrected chi connectivity index (χ3v) is 4.36. The molecule has 0 aliphatic heterocycles. The molecule has 1 N–H and O–H groups in total. The van der Waals surface area contributed by atoms with Gasteiger partial charge in [0.1, 0.15) is 18.2 Å². The lowest BCUT2D eigenvalue weighted by molar-refractivity contribution is -0.122. The molecule has 1 aromatic heterocycles. The molecule has 8 heteroatoms. The molecule has 0 atom stereocenters. The second-order valence-electron chi connectivity index (χ2n) is 5.85. The normalized spacial score (nSPS) is 16.4. The fraction of sp³-hybridized carbons (Fsp3) is 0.467. The third kappa shape index (κ3) is 3.35. The summed E-state index contributed by atoms with van der Waals surface area (Å²) in [5, 5.41) is 13.7. The van der Waals surface area contributed by atoms with E-state index in [4.69, 9.17) is 0 Å². The fourth-order valence-corrected chi connectivity index (χ4v) is 3.21. The molecule has 1 amide bonds. The van der Waals surface area contributed by atoms with Crippen molar-refractivity contribution in [2.75, 3.05) is 6.54 Å². The van der Waals surface area contributed by atoms with Crippen molar-refractivity contribution >= 4 is 5.91 Å². The maximum Gasteiger partial charge on any atom is 0.243 e. The van der Waals surface area contributed by atoms with E-state index in [0.29, 0.717) is 5.56 Å². The number of nitrogens with zero attached hydrogens (tertiary/aromatic N) is 4. The van der Waals surface area contributed by atoms with Gasteiger partial charge in [-0.1, -0.05) is 12.8 Å². The highest BCUT2D eigenvalue weighted by Gasteiger charge is 2.38. The Labute approximate surface area is 131 Å². The van der Waals surface area contributed by atoms with E-state index in [9.17, 15) is 13.6 Å². The Kier molecular flexibility index (Phi) is 4.31. The van der Waals surface area contributed by atoms with E-state index >= 15 is 0 Å². The standard InChI is InChI=1S/C15H17F2N5O/c16-11-3-4-13(17)12(7-11)15(5-1-2-6-15)9-18-14(23)8-22-20-10-19-21-22/h3-4,7,10H,1-2,5-6,8-9H2,(H,18,23). The smallest absolute Gasteiger partial charge is 0.243 e. The molecule has 0 unspecified atom stereocenters. The van der Waals surface area contributed by atoms with Crippen LogP contribution in [0.3, 0.4) is 0 Å². The quantitative estimate of drug-likeness (QED) is 0.907. The van der Waals surface area contributed by atoms with E-state index in [1.54, 1.807) is 0 Å². The lowest BCUT2D eigenvalue weighted by Crippen LogP contribution is -2.41. The number of carbonyl (C=O) groups excluding carboxylic acids is 1.